The summed E-state index contributed by atoms with van der Waals surface area (Å²) in [6, 6.07) is 11.7. The van der Waals surface area contributed by atoms with Crippen LogP contribution in [0.2, 0.25) is 0 Å². The molecule has 0 aliphatic carbocycles. The monoisotopic (exact) mass is 258 g/mol. The van der Waals surface area contributed by atoms with E-state index in [4.69, 9.17) is 5.26 Å². The minimum atomic E-state index is -0.494. The van der Waals surface area contributed by atoms with Gasteiger partial charge in [0, 0.05) is 28.1 Å². The Morgan fingerprint density at radius 3 is 2.89 bits per heavy atom. The molecule has 1 aromatic carbocycles. The molecule has 0 fully saturated rings. The van der Waals surface area contributed by atoms with Gasteiger partial charge in [-0.15, -0.1) is 11.3 Å². The number of nitrogens with one attached hydrogen (secondary N) is 1. The van der Waals surface area contributed by atoms with Crippen LogP contribution in [-0.4, -0.2) is 5.11 Å². The summed E-state index contributed by atoms with van der Waals surface area (Å²) in [7, 11) is 0. The molecule has 0 amide bonds. The Morgan fingerprint density at radius 1 is 1.44 bits per heavy atom. The summed E-state index contributed by atoms with van der Waals surface area (Å²) in [5, 5.41) is 23.6. The number of thiophene rings is 1. The normalized spacial score (nSPS) is 11.8. The lowest BCUT2D eigenvalue weighted by Gasteiger charge is -2.13. The molecule has 0 saturated heterocycles. The maximum atomic E-state index is 9.66. The van der Waals surface area contributed by atoms with Gasteiger partial charge in [0.1, 0.15) is 6.07 Å². The fraction of sp³-hybridized carbons (Fsp3) is 0.214. The SMILES string of the molecule is CC(O)c1ccccc1NCc1cc(C#N)cs1. The summed E-state index contributed by atoms with van der Waals surface area (Å²) in [6.45, 7) is 2.41. The van der Waals surface area contributed by atoms with Crippen LogP contribution in [0.15, 0.2) is 35.7 Å². The van der Waals surface area contributed by atoms with Crippen LogP contribution in [0.5, 0.6) is 0 Å². The molecule has 0 aliphatic rings. The van der Waals surface area contributed by atoms with E-state index >= 15 is 0 Å². The third-order valence-corrected chi connectivity index (χ3v) is 3.58. The van der Waals surface area contributed by atoms with E-state index in [-0.39, 0.29) is 0 Å². The highest BCUT2D eigenvalue weighted by molar-refractivity contribution is 7.10. The van der Waals surface area contributed by atoms with Gasteiger partial charge in [-0.2, -0.15) is 5.26 Å². The van der Waals surface area contributed by atoms with E-state index < -0.39 is 6.10 Å². The summed E-state index contributed by atoms with van der Waals surface area (Å²) < 4.78 is 0. The van der Waals surface area contributed by atoms with E-state index in [1.807, 2.05) is 35.7 Å². The number of hydrogen-bond acceptors (Lipinski definition) is 4. The molecule has 3 nitrogen and oxygen atoms in total. The van der Waals surface area contributed by atoms with E-state index in [0.29, 0.717) is 12.1 Å². The fourth-order valence-electron chi connectivity index (χ4n) is 1.74. The molecule has 0 spiro atoms. The van der Waals surface area contributed by atoms with Crippen LogP contribution in [0, 0.1) is 11.3 Å². The molecule has 18 heavy (non-hydrogen) atoms. The molecule has 1 heterocycles. The first-order chi connectivity index (χ1) is 8.70. The van der Waals surface area contributed by atoms with Crippen molar-refractivity contribution in [3.8, 4) is 6.07 Å². The Labute approximate surface area is 110 Å². The Bertz CT molecular complexity index is 569. The average molecular weight is 258 g/mol. The second kappa shape index (κ2) is 5.67. The molecule has 0 bridgehead atoms. The van der Waals surface area contributed by atoms with Gasteiger partial charge in [0.25, 0.3) is 0 Å². The number of para-hydroxylation sites is 1. The second-order valence-corrected chi connectivity index (χ2v) is 5.03. The molecule has 0 aliphatic heterocycles. The number of nitrogens with zero attached hydrogens (tertiary/aromatic N) is 1. The topological polar surface area (TPSA) is 56.0 Å². The minimum Gasteiger partial charge on any atom is -0.389 e. The number of nitriles is 1. The van der Waals surface area contributed by atoms with E-state index in [9.17, 15) is 5.11 Å². The van der Waals surface area contributed by atoms with Crippen LogP contribution < -0.4 is 5.32 Å². The number of anilines is 1. The summed E-state index contributed by atoms with van der Waals surface area (Å²) in [6.07, 6.45) is -0.494. The molecule has 2 rings (SSSR count). The Balaban J connectivity index is 2.08. The van der Waals surface area contributed by atoms with Crippen molar-refractivity contribution in [2.75, 3.05) is 5.32 Å². The number of benzene rings is 1. The lowest BCUT2D eigenvalue weighted by Crippen LogP contribution is -2.03. The zero-order valence-electron chi connectivity index (χ0n) is 10.1. The van der Waals surface area contributed by atoms with E-state index in [1.54, 1.807) is 18.3 Å². The average Bonchev–Trinajstić information content (AvgIpc) is 2.84. The first kappa shape index (κ1) is 12.6. The van der Waals surface area contributed by atoms with Gasteiger partial charge >= 0.3 is 0 Å². The first-order valence-electron chi connectivity index (χ1n) is 5.69. The molecule has 2 aromatic rings. The highest BCUT2D eigenvalue weighted by Gasteiger charge is 2.07. The Morgan fingerprint density at radius 2 is 2.22 bits per heavy atom. The van der Waals surface area contributed by atoms with Crippen LogP contribution in [0.3, 0.4) is 0 Å². The van der Waals surface area contributed by atoms with Crippen LogP contribution in [0.1, 0.15) is 29.0 Å². The summed E-state index contributed by atoms with van der Waals surface area (Å²) in [4.78, 5) is 1.10. The van der Waals surface area contributed by atoms with Gasteiger partial charge in [0.15, 0.2) is 0 Å². The van der Waals surface area contributed by atoms with Crippen molar-refractivity contribution in [3.63, 3.8) is 0 Å². The van der Waals surface area contributed by atoms with Crippen molar-refractivity contribution < 1.29 is 5.11 Å². The standard InChI is InChI=1S/C14H14N2OS/c1-10(17)13-4-2-3-5-14(13)16-8-12-6-11(7-15)9-18-12/h2-6,9-10,16-17H,8H2,1H3. The molecule has 92 valence electrons. The van der Waals surface area contributed by atoms with Crippen LogP contribution in [0.25, 0.3) is 0 Å². The maximum Gasteiger partial charge on any atom is 0.100 e. The molecular formula is C14H14N2OS. The van der Waals surface area contributed by atoms with Crippen LogP contribution >= 0.6 is 11.3 Å². The molecule has 1 atom stereocenters. The van der Waals surface area contributed by atoms with Gasteiger partial charge in [-0.05, 0) is 19.1 Å². The van der Waals surface area contributed by atoms with Crippen LogP contribution in [-0.2, 0) is 6.54 Å². The van der Waals surface area contributed by atoms with Gasteiger partial charge in [-0.3, -0.25) is 0 Å². The second-order valence-electron chi connectivity index (χ2n) is 4.03. The van der Waals surface area contributed by atoms with Crippen molar-refractivity contribution >= 4 is 17.0 Å². The van der Waals surface area contributed by atoms with Crippen LogP contribution in [0.4, 0.5) is 5.69 Å². The third kappa shape index (κ3) is 2.89. The molecule has 0 radical (unpaired) electrons. The quantitative estimate of drug-likeness (QED) is 0.884. The van der Waals surface area contributed by atoms with Crippen molar-refractivity contribution in [3.05, 3.63) is 51.7 Å². The Kier molecular flexibility index (Phi) is 3.98. The first-order valence-corrected chi connectivity index (χ1v) is 6.57. The molecular weight excluding hydrogens is 244 g/mol. The van der Waals surface area contributed by atoms with E-state index in [2.05, 4.69) is 11.4 Å². The number of aliphatic hydroxyl groups is 1. The van der Waals surface area contributed by atoms with Crippen molar-refractivity contribution in [2.45, 2.75) is 19.6 Å². The zero-order valence-corrected chi connectivity index (χ0v) is 10.9. The zero-order chi connectivity index (χ0) is 13.0. The largest absolute Gasteiger partial charge is 0.389 e. The van der Waals surface area contributed by atoms with Gasteiger partial charge in [-0.25, -0.2) is 0 Å². The van der Waals surface area contributed by atoms with E-state index in [0.717, 1.165) is 16.1 Å². The highest BCUT2D eigenvalue weighted by atomic mass is 32.1. The van der Waals surface area contributed by atoms with Gasteiger partial charge in [-0.1, -0.05) is 18.2 Å². The van der Waals surface area contributed by atoms with Gasteiger partial charge < -0.3 is 10.4 Å². The Hall–Kier alpha value is -1.83. The van der Waals surface area contributed by atoms with Gasteiger partial charge in [0.05, 0.1) is 11.7 Å². The number of aliphatic hydroxyl groups excluding tert-OH is 1. The molecule has 1 aromatic heterocycles. The number of hydrogen-bond donors (Lipinski definition) is 2. The lowest BCUT2D eigenvalue weighted by molar-refractivity contribution is 0.200. The third-order valence-electron chi connectivity index (χ3n) is 2.65. The molecule has 0 saturated carbocycles. The molecule has 4 heteroatoms. The highest BCUT2D eigenvalue weighted by Crippen LogP contribution is 2.23. The minimum absolute atomic E-state index is 0.494. The lowest BCUT2D eigenvalue weighted by atomic mass is 10.1. The molecule has 2 N–H and O–H groups in total. The smallest absolute Gasteiger partial charge is 0.100 e. The number of rotatable bonds is 4. The predicted molar refractivity (Wildman–Crippen MR) is 73.4 cm³/mol. The van der Waals surface area contributed by atoms with Gasteiger partial charge in [0.2, 0.25) is 0 Å². The summed E-state index contributed by atoms with van der Waals surface area (Å²) in [5.41, 5.74) is 2.51. The van der Waals surface area contributed by atoms with E-state index in [1.165, 1.54) is 0 Å². The fourth-order valence-corrected chi connectivity index (χ4v) is 2.49. The van der Waals surface area contributed by atoms with Crippen molar-refractivity contribution in [2.24, 2.45) is 0 Å². The molecule has 1 unspecified atom stereocenters. The van der Waals surface area contributed by atoms with Crippen molar-refractivity contribution in [1.29, 1.82) is 5.26 Å². The maximum absolute atomic E-state index is 9.66. The van der Waals surface area contributed by atoms with Crippen molar-refractivity contribution in [1.82, 2.24) is 0 Å². The summed E-state index contributed by atoms with van der Waals surface area (Å²) >= 11 is 1.56. The predicted octanol–water partition coefficient (Wildman–Crippen LogP) is 3.29. The summed E-state index contributed by atoms with van der Waals surface area (Å²) in [5.74, 6) is 0.